The predicted octanol–water partition coefficient (Wildman–Crippen LogP) is 3.36. The zero-order chi connectivity index (χ0) is 14.4. The van der Waals surface area contributed by atoms with Gasteiger partial charge in [0.25, 0.3) is 5.89 Å². The van der Waals surface area contributed by atoms with Crippen molar-refractivity contribution in [2.75, 3.05) is 6.61 Å². The first-order valence-electron chi connectivity index (χ1n) is 6.99. The van der Waals surface area contributed by atoms with E-state index in [1.165, 1.54) is 0 Å². The first-order chi connectivity index (χ1) is 9.74. The molecule has 0 bridgehead atoms. The molecule has 20 heavy (non-hydrogen) atoms. The molecule has 1 N–H and O–H groups in total. The molecule has 108 valence electrons. The maximum absolute atomic E-state index is 9.65. The lowest BCUT2D eigenvalue weighted by Gasteiger charge is -2.04. The van der Waals surface area contributed by atoms with Gasteiger partial charge in [-0.15, -0.1) is 0 Å². The summed E-state index contributed by atoms with van der Waals surface area (Å²) in [5.74, 6) is 1.56. The Morgan fingerprint density at radius 3 is 2.65 bits per heavy atom. The molecular weight excluding hydrogens is 256 g/mol. The molecule has 1 aromatic carbocycles. The zero-order valence-electron chi connectivity index (χ0n) is 11.9. The maximum atomic E-state index is 9.65. The van der Waals surface area contributed by atoms with E-state index in [1.54, 1.807) is 0 Å². The van der Waals surface area contributed by atoms with Gasteiger partial charge >= 0.3 is 0 Å². The van der Waals surface area contributed by atoms with E-state index < -0.39 is 6.10 Å². The van der Waals surface area contributed by atoms with Crippen LogP contribution in [0, 0.1) is 0 Å². The van der Waals surface area contributed by atoms with E-state index in [0.717, 1.165) is 30.8 Å². The van der Waals surface area contributed by atoms with Gasteiger partial charge in [0.15, 0.2) is 0 Å². The number of ether oxygens (including phenoxy) is 1. The van der Waals surface area contributed by atoms with Gasteiger partial charge < -0.3 is 14.4 Å². The van der Waals surface area contributed by atoms with Gasteiger partial charge in [0.2, 0.25) is 5.82 Å². The summed E-state index contributed by atoms with van der Waals surface area (Å²) in [4.78, 5) is 4.19. The molecule has 0 radical (unpaired) electrons. The van der Waals surface area contributed by atoms with E-state index in [-0.39, 0.29) is 0 Å². The van der Waals surface area contributed by atoms with E-state index in [0.29, 0.717) is 18.1 Å². The normalized spacial score (nSPS) is 12.3. The Morgan fingerprint density at radius 1 is 1.25 bits per heavy atom. The second kappa shape index (κ2) is 7.05. The Morgan fingerprint density at radius 2 is 2.00 bits per heavy atom. The summed E-state index contributed by atoms with van der Waals surface area (Å²) in [5, 5.41) is 13.4. The number of aliphatic hydroxyl groups is 1. The standard InChI is InChI=1S/C15H20N2O3/c1-3-5-10-19-12-8-6-11(7-9-12)15-16-14(17-20-15)13(18)4-2/h6-9,13,18H,3-5,10H2,1-2H3. The van der Waals surface area contributed by atoms with Crippen molar-refractivity contribution < 1.29 is 14.4 Å². The summed E-state index contributed by atoms with van der Waals surface area (Å²) in [5.41, 5.74) is 0.815. The summed E-state index contributed by atoms with van der Waals surface area (Å²) in [7, 11) is 0. The van der Waals surface area contributed by atoms with Gasteiger partial charge in [-0.05, 0) is 37.1 Å². The maximum Gasteiger partial charge on any atom is 0.258 e. The third kappa shape index (κ3) is 3.57. The van der Waals surface area contributed by atoms with Gasteiger partial charge in [-0.1, -0.05) is 25.4 Å². The van der Waals surface area contributed by atoms with Crippen LogP contribution in [-0.2, 0) is 0 Å². The number of unbranched alkanes of at least 4 members (excludes halogenated alkanes) is 1. The molecule has 5 nitrogen and oxygen atoms in total. The lowest BCUT2D eigenvalue weighted by Crippen LogP contribution is -1.97. The highest BCUT2D eigenvalue weighted by Gasteiger charge is 2.14. The van der Waals surface area contributed by atoms with Gasteiger partial charge in [0.05, 0.1) is 6.61 Å². The largest absolute Gasteiger partial charge is 0.494 e. The van der Waals surface area contributed by atoms with Crippen LogP contribution in [0.4, 0.5) is 0 Å². The van der Waals surface area contributed by atoms with Crippen molar-refractivity contribution in [2.24, 2.45) is 0 Å². The monoisotopic (exact) mass is 276 g/mol. The Hall–Kier alpha value is -1.88. The molecule has 5 heteroatoms. The van der Waals surface area contributed by atoms with Crippen molar-refractivity contribution >= 4 is 0 Å². The van der Waals surface area contributed by atoms with Gasteiger partial charge in [-0.25, -0.2) is 0 Å². The van der Waals surface area contributed by atoms with Crippen molar-refractivity contribution in [3.05, 3.63) is 30.1 Å². The molecule has 0 aliphatic rings. The molecule has 2 rings (SSSR count). The van der Waals surface area contributed by atoms with Crippen LogP contribution in [0.1, 0.15) is 45.0 Å². The minimum Gasteiger partial charge on any atom is -0.494 e. The topological polar surface area (TPSA) is 68.4 Å². The Balaban J connectivity index is 2.04. The van der Waals surface area contributed by atoms with E-state index >= 15 is 0 Å². The highest BCUT2D eigenvalue weighted by atomic mass is 16.5. The second-order valence-electron chi connectivity index (χ2n) is 4.61. The van der Waals surface area contributed by atoms with E-state index in [1.807, 2.05) is 31.2 Å². The third-order valence-corrected chi connectivity index (χ3v) is 2.99. The molecular formula is C15H20N2O3. The molecule has 0 saturated carbocycles. The van der Waals surface area contributed by atoms with Crippen LogP contribution < -0.4 is 4.74 Å². The number of hydrogen-bond donors (Lipinski definition) is 1. The average Bonchev–Trinajstić information content (AvgIpc) is 2.97. The lowest BCUT2D eigenvalue weighted by atomic mass is 10.2. The number of benzene rings is 1. The molecule has 0 aliphatic heterocycles. The zero-order valence-corrected chi connectivity index (χ0v) is 11.9. The number of aliphatic hydroxyl groups excluding tert-OH is 1. The SMILES string of the molecule is CCCCOc1ccc(-c2nc(C(O)CC)no2)cc1. The van der Waals surface area contributed by atoms with Crippen LogP contribution >= 0.6 is 0 Å². The van der Waals surface area contributed by atoms with Gasteiger partial charge in [0.1, 0.15) is 11.9 Å². The summed E-state index contributed by atoms with van der Waals surface area (Å²) < 4.78 is 10.7. The van der Waals surface area contributed by atoms with Crippen LogP contribution in [0.3, 0.4) is 0 Å². The smallest absolute Gasteiger partial charge is 0.258 e. The molecule has 0 aliphatic carbocycles. The Labute approximate surface area is 118 Å². The van der Waals surface area contributed by atoms with Crippen LogP contribution in [0.25, 0.3) is 11.5 Å². The molecule has 0 amide bonds. The third-order valence-electron chi connectivity index (χ3n) is 2.99. The quantitative estimate of drug-likeness (QED) is 0.785. The molecule has 0 saturated heterocycles. The summed E-state index contributed by atoms with van der Waals surface area (Å²) in [6, 6.07) is 7.50. The highest BCUT2D eigenvalue weighted by Crippen LogP contribution is 2.23. The van der Waals surface area contributed by atoms with Crippen molar-refractivity contribution in [3.63, 3.8) is 0 Å². The average molecular weight is 276 g/mol. The van der Waals surface area contributed by atoms with Crippen molar-refractivity contribution in [1.82, 2.24) is 10.1 Å². The molecule has 0 spiro atoms. The number of rotatable bonds is 7. The van der Waals surface area contributed by atoms with Crippen LogP contribution in [-0.4, -0.2) is 21.9 Å². The fourth-order valence-electron chi connectivity index (χ4n) is 1.70. The summed E-state index contributed by atoms with van der Waals surface area (Å²) in [6.07, 6.45) is 2.04. The number of aromatic nitrogens is 2. The van der Waals surface area contributed by atoms with E-state index in [9.17, 15) is 5.11 Å². The first-order valence-corrected chi connectivity index (χ1v) is 6.99. The minimum atomic E-state index is -0.677. The molecule has 1 unspecified atom stereocenters. The molecule has 1 aromatic heterocycles. The van der Waals surface area contributed by atoms with Crippen LogP contribution in [0.2, 0.25) is 0 Å². The van der Waals surface area contributed by atoms with E-state index in [2.05, 4.69) is 17.1 Å². The highest BCUT2D eigenvalue weighted by molar-refractivity contribution is 5.54. The fraction of sp³-hybridized carbons (Fsp3) is 0.467. The van der Waals surface area contributed by atoms with Crippen LogP contribution in [0.5, 0.6) is 5.75 Å². The fourth-order valence-corrected chi connectivity index (χ4v) is 1.70. The molecule has 0 fully saturated rings. The molecule has 1 heterocycles. The van der Waals surface area contributed by atoms with Gasteiger partial charge in [-0.3, -0.25) is 0 Å². The Bertz CT molecular complexity index is 522. The van der Waals surface area contributed by atoms with Crippen molar-refractivity contribution in [3.8, 4) is 17.2 Å². The summed E-state index contributed by atoms with van der Waals surface area (Å²) >= 11 is 0. The summed E-state index contributed by atoms with van der Waals surface area (Å²) in [6.45, 7) is 4.72. The number of nitrogens with zero attached hydrogens (tertiary/aromatic N) is 2. The minimum absolute atomic E-state index is 0.325. The Kier molecular flexibility index (Phi) is 5.12. The lowest BCUT2D eigenvalue weighted by molar-refractivity contribution is 0.159. The van der Waals surface area contributed by atoms with Gasteiger partial charge in [-0.2, -0.15) is 4.98 Å². The number of hydrogen-bond acceptors (Lipinski definition) is 5. The van der Waals surface area contributed by atoms with Crippen LogP contribution in [0.15, 0.2) is 28.8 Å². The van der Waals surface area contributed by atoms with Crippen molar-refractivity contribution in [2.45, 2.75) is 39.2 Å². The predicted molar refractivity (Wildman–Crippen MR) is 75.4 cm³/mol. The molecule has 2 aromatic rings. The van der Waals surface area contributed by atoms with Gasteiger partial charge in [0, 0.05) is 5.56 Å². The van der Waals surface area contributed by atoms with E-state index in [4.69, 9.17) is 9.26 Å². The first kappa shape index (κ1) is 14.5. The molecule has 1 atom stereocenters. The van der Waals surface area contributed by atoms with Crippen molar-refractivity contribution in [1.29, 1.82) is 0 Å². The second-order valence-corrected chi connectivity index (χ2v) is 4.61.